The van der Waals surface area contributed by atoms with Gasteiger partial charge >= 0.3 is 0 Å². The zero-order chi connectivity index (χ0) is 19.0. The van der Waals surface area contributed by atoms with Crippen molar-refractivity contribution in [2.45, 2.75) is 51.0 Å². The molecule has 1 aromatic carbocycles. The molecule has 0 saturated heterocycles. The van der Waals surface area contributed by atoms with Crippen LogP contribution in [0.2, 0.25) is 0 Å². The predicted octanol–water partition coefficient (Wildman–Crippen LogP) is 4.75. The molecule has 1 aromatic heterocycles. The highest BCUT2D eigenvalue weighted by molar-refractivity contribution is 9.10. The van der Waals surface area contributed by atoms with E-state index >= 15 is 0 Å². The highest BCUT2D eigenvalue weighted by Crippen LogP contribution is 2.34. The van der Waals surface area contributed by atoms with Crippen LogP contribution < -0.4 is 0 Å². The molecule has 2 aromatic rings. The molecule has 0 aliphatic rings. The Morgan fingerprint density at radius 2 is 1.72 bits per heavy atom. The van der Waals surface area contributed by atoms with Crippen LogP contribution in [0.1, 0.15) is 52.3 Å². The number of sulfonamides is 1. The summed E-state index contributed by atoms with van der Waals surface area (Å²) in [5.74, 6) is 1.16. The second kappa shape index (κ2) is 7.21. The van der Waals surface area contributed by atoms with E-state index in [0.717, 1.165) is 10.2 Å². The van der Waals surface area contributed by atoms with Crippen LogP contribution in [0.15, 0.2) is 44.2 Å². The molecule has 1 atom stereocenters. The van der Waals surface area contributed by atoms with E-state index in [-0.39, 0.29) is 16.2 Å². The molecule has 0 aliphatic carbocycles. The van der Waals surface area contributed by atoms with Crippen LogP contribution in [0.3, 0.4) is 0 Å². The molecular formula is C18H25BrN2O3S. The van der Waals surface area contributed by atoms with Crippen molar-refractivity contribution in [2.24, 2.45) is 5.92 Å². The first-order valence-electron chi connectivity index (χ1n) is 8.14. The summed E-state index contributed by atoms with van der Waals surface area (Å²) in [7, 11) is -2.09. The van der Waals surface area contributed by atoms with E-state index in [9.17, 15) is 8.42 Å². The van der Waals surface area contributed by atoms with E-state index in [2.05, 4.69) is 20.9 Å². The van der Waals surface area contributed by atoms with Gasteiger partial charge in [0.25, 0.3) is 0 Å². The average molecular weight is 429 g/mol. The van der Waals surface area contributed by atoms with Gasteiger partial charge in [-0.2, -0.15) is 4.31 Å². The Labute approximate surface area is 158 Å². The van der Waals surface area contributed by atoms with Crippen LogP contribution in [0, 0.1) is 5.92 Å². The highest BCUT2D eigenvalue weighted by atomic mass is 79.9. The minimum absolute atomic E-state index is 0.00157. The van der Waals surface area contributed by atoms with Crippen molar-refractivity contribution < 1.29 is 12.8 Å². The van der Waals surface area contributed by atoms with E-state index < -0.39 is 16.1 Å². The van der Waals surface area contributed by atoms with Gasteiger partial charge in [0.2, 0.25) is 15.9 Å². The molecule has 0 N–H and O–H groups in total. The first kappa shape index (κ1) is 20.1. The maximum absolute atomic E-state index is 13.0. The summed E-state index contributed by atoms with van der Waals surface area (Å²) in [6.45, 7) is 10.0. The van der Waals surface area contributed by atoms with Crippen molar-refractivity contribution in [1.29, 1.82) is 0 Å². The molecular weight excluding hydrogens is 404 g/mol. The monoisotopic (exact) mass is 428 g/mol. The number of hydrogen-bond donors (Lipinski definition) is 0. The van der Waals surface area contributed by atoms with Gasteiger partial charge < -0.3 is 4.42 Å². The Morgan fingerprint density at radius 3 is 2.16 bits per heavy atom. The lowest BCUT2D eigenvalue weighted by Crippen LogP contribution is -2.34. The number of oxazole rings is 1. The molecule has 138 valence electrons. The normalized spacial score (nSPS) is 14.3. The molecule has 5 nitrogen and oxygen atoms in total. The summed E-state index contributed by atoms with van der Waals surface area (Å²) in [4.78, 5) is 4.61. The van der Waals surface area contributed by atoms with Gasteiger partial charge in [0, 0.05) is 16.9 Å². The van der Waals surface area contributed by atoms with Crippen molar-refractivity contribution in [1.82, 2.24) is 9.29 Å². The number of halogens is 1. The molecule has 0 bridgehead atoms. The zero-order valence-electron chi connectivity index (χ0n) is 15.4. The zero-order valence-corrected chi connectivity index (χ0v) is 17.8. The number of aromatic nitrogens is 1. The number of benzene rings is 1. The van der Waals surface area contributed by atoms with Crippen LogP contribution in [0.25, 0.3) is 0 Å². The first-order valence-corrected chi connectivity index (χ1v) is 10.4. The van der Waals surface area contributed by atoms with Crippen molar-refractivity contribution in [3.05, 3.63) is 46.6 Å². The third-order valence-electron chi connectivity index (χ3n) is 4.03. The lowest BCUT2D eigenvalue weighted by Gasteiger charge is -2.28. The fourth-order valence-electron chi connectivity index (χ4n) is 2.55. The lowest BCUT2D eigenvalue weighted by atomic mass is 9.94. The Bertz CT molecular complexity index is 821. The van der Waals surface area contributed by atoms with Crippen LogP contribution in [0.4, 0.5) is 0 Å². The molecule has 0 fully saturated rings. The predicted molar refractivity (Wildman–Crippen MR) is 102 cm³/mol. The third kappa shape index (κ3) is 4.33. The van der Waals surface area contributed by atoms with Crippen molar-refractivity contribution >= 4 is 26.0 Å². The summed E-state index contributed by atoms with van der Waals surface area (Å²) in [5, 5.41) is 0. The Kier molecular flexibility index (Phi) is 5.81. The molecule has 7 heteroatoms. The topological polar surface area (TPSA) is 63.4 Å². The van der Waals surface area contributed by atoms with E-state index in [0.29, 0.717) is 5.89 Å². The van der Waals surface area contributed by atoms with Crippen LogP contribution in [-0.4, -0.2) is 24.8 Å². The summed E-state index contributed by atoms with van der Waals surface area (Å²) in [5.41, 5.74) is -0.185. The van der Waals surface area contributed by atoms with E-state index in [4.69, 9.17) is 4.42 Å². The number of rotatable bonds is 5. The van der Waals surface area contributed by atoms with Gasteiger partial charge in [-0.3, -0.25) is 0 Å². The maximum Gasteiger partial charge on any atom is 0.243 e. The summed E-state index contributed by atoms with van der Waals surface area (Å²) in [6, 6.07) is 6.12. The number of nitrogens with zero attached hydrogens (tertiary/aromatic N) is 2. The van der Waals surface area contributed by atoms with Crippen molar-refractivity contribution in [3.63, 3.8) is 0 Å². The standard InChI is InChI=1S/C18H25BrN2O3S/c1-12(2)16(17-20-11-15(24-17)18(3,4)5)21(6)25(22,23)14-9-7-13(19)8-10-14/h7-12,16H,1-6H3/t16-/m0/s1. The van der Waals surface area contributed by atoms with Crippen LogP contribution in [-0.2, 0) is 15.4 Å². The molecule has 0 aliphatic heterocycles. The molecule has 0 spiro atoms. The van der Waals surface area contributed by atoms with Crippen molar-refractivity contribution in [3.8, 4) is 0 Å². The van der Waals surface area contributed by atoms with Gasteiger partial charge in [-0.05, 0) is 30.2 Å². The summed E-state index contributed by atoms with van der Waals surface area (Å²) < 4.78 is 34.1. The average Bonchev–Trinajstić information content (AvgIpc) is 2.97. The van der Waals surface area contributed by atoms with E-state index in [1.54, 1.807) is 37.5 Å². The quantitative estimate of drug-likeness (QED) is 0.688. The van der Waals surface area contributed by atoms with Gasteiger partial charge in [0.05, 0.1) is 11.1 Å². The molecule has 0 radical (unpaired) electrons. The lowest BCUT2D eigenvalue weighted by molar-refractivity contribution is 0.237. The second-order valence-corrected chi connectivity index (χ2v) is 10.4. The molecule has 0 saturated carbocycles. The largest absolute Gasteiger partial charge is 0.443 e. The van der Waals surface area contributed by atoms with Gasteiger partial charge in [0.15, 0.2) is 0 Å². The Morgan fingerprint density at radius 1 is 1.16 bits per heavy atom. The van der Waals surface area contributed by atoms with Crippen molar-refractivity contribution in [2.75, 3.05) is 7.05 Å². The van der Waals surface area contributed by atoms with Gasteiger partial charge in [-0.1, -0.05) is 50.5 Å². The SMILES string of the molecule is CC(C)[C@@H](c1ncc(C(C)(C)C)o1)N(C)S(=O)(=O)c1ccc(Br)cc1. The smallest absolute Gasteiger partial charge is 0.243 e. The highest BCUT2D eigenvalue weighted by Gasteiger charge is 2.35. The van der Waals surface area contributed by atoms with Crippen LogP contribution >= 0.6 is 15.9 Å². The molecule has 0 amide bonds. The van der Waals surface area contributed by atoms with Gasteiger partial charge in [-0.15, -0.1) is 0 Å². The summed E-state index contributed by atoms with van der Waals surface area (Å²) in [6.07, 6.45) is 1.69. The Hall–Kier alpha value is -1.18. The Balaban J connectivity index is 2.43. The van der Waals surface area contributed by atoms with Gasteiger partial charge in [-0.25, -0.2) is 13.4 Å². The summed E-state index contributed by atoms with van der Waals surface area (Å²) >= 11 is 3.33. The molecule has 1 heterocycles. The second-order valence-electron chi connectivity index (χ2n) is 7.48. The molecule has 2 rings (SSSR count). The fourth-order valence-corrected chi connectivity index (χ4v) is 4.26. The third-order valence-corrected chi connectivity index (χ3v) is 6.41. The fraction of sp³-hybridized carbons (Fsp3) is 0.500. The van der Waals surface area contributed by atoms with Gasteiger partial charge in [0.1, 0.15) is 11.8 Å². The number of hydrogen-bond acceptors (Lipinski definition) is 4. The maximum atomic E-state index is 13.0. The molecule has 0 unspecified atom stereocenters. The van der Waals surface area contributed by atoms with E-state index in [1.165, 1.54) is 4.31 Å². The van der Waals surface area contributed by atoms with E-state index in [1.807, 2.05) is 34.6 Å². The minimum atomic E-state index is -3.66. The molecule has 25 heavy (non-hydrogen) atoms. The minimum Gasteiger partial charge on any atom is -0.443 e. The van der Waals surface area contributed by atoms with Crippen LogP contribution in [0.5, 0.6) is 0 Å². The first-order chi connectivity index (χ1) is 11.4.